The van der Waals surface area contributed by atoms with Gasteiger partial charge in [0.15, 0.2) is 0 Å². The first-order chi connectivity index (χ1) is 10.6. The van der Waals surface area contributed by atoms with E-state index in [2.05, 4.69) is 4.90 Å². The number of nitrogens with zero attached hydrogens (tertiary/aromatic N) is 2. The lowest BCUT2D eigenvalue weighted by molar-refractivity contribution is -0.120. The number of rotatable bonds is 2. The van der Waals surface area contributed by atoms with Crippen LogP contribution in [0.3, 0.4) is 0 Å². The molecule has 0 spiro atoms. The molecule has 3 rings (SSSR count). The molecular formula is C18H19ClN2O. The standard InChI is InChI=1S/C18H19ClN2O/c1-20-11-13-10-14(19)8-9-16(13)17(12-20)18(22)21(2)15-6-4-3-5-7-15/h3-10,17H,11-12H2,1-2H3. The van der Waals surface area contributed by atoms with Crippen LogP contribution in [0.15, 0.2) is 48.5 Å². The first kappa shape index (κ1) is 15.1. The molecular weight excluding hydrogens is 296 g/mol. The van der Waals surface area contributed by atoms with E-state index in [9.17, 15) is 4.79 Å². The largest absolute Gasteiger partial charge is 0.315 e. The number of fused-ring (bicyclic) bond motifs is 1. The average molecular weight is 315 g/mol. The summed E-state index contributed by atoms with van der Waals surface area (Å²) >= 11 is 6.10. The number of para-hydroxylation sites is 1. The predicted octanol–water partition coefficient (Wildman–Crippen LogP) is 3.53. The number of amides is 1. The molecule has 1 aliphatic rings. The fourth-order valence-corrected chi connectivity index (χ4v) is 3.23. The molecule has 22 heavy (non-hydrogen) atoms. The number of hydrogen-bond acceptors (Lipinski definition) is 2. The van der Waals surface area contributed by atoms with E-state index >= 15 is 0 Å². The second-order valence-electron chi connectivity index (χ2n) is 5.83. The molecule has 0 saturated carbocycles. The summed E-state index contributed by atoms with van der Waals surface area (Å²) in [4.78, 5) is 16.9. The van der Waals surface area contributed by atoms with Gasteiger partial charge in [-0.2, -0.15) is 0 Å². The molecule has 0 fully saturated rings. The van der Waals surface area contributed by atoms with Gasteiger partial charge in [0.05, 0.1) is 5.92 Å². The molecule has 114 valence electrons. The Kier molecular flexibility index (Phi) is 4.19. The van der Waals surface area contributed by atoms with Crippen LogP contribution in [0.4, 0.5) is 5.69 Å². The van der Waals surface area contributed by atoms with E-state index < -0.39 is 0 Å². The van der Waals surface area contributed by atoms with E-state index in [0.717, 1.165) is 34.9 Å². The normalized spacial score (nSPS) is 17.9. The highest BCUT2D eigenvalue weighted by Crippen LogP contribution is 2.31. The van der Waals surface area contributed by atoms with Gasteiger partial charge in [-0.05, 0) is 42.4 Å². The van der Waals surface area contributed by atoms with Crippen LogP contribution in [-0.4, -0.2) is 31.4 Å². The summed E-state index contributed by atoms with van der Waals surface area (Å²) in [5.74, 6) is -0.0439. The Morgan fingerprint density at radius 1 is 1.23 bits per heavy atom. The number of halogens is 1. The Labute approximate surface area is 136 Å². The zero-order chi connectivity index (χ0) is 15.7. The third kappa shape index (κ3) is 2.87. The van der Waals surface area contributed by atoms with Crippen LogP contribution in [0.1, 0.15) is 17.0 Å². The average Bonchev–Trinajstić information content (AvgIpc) is 2.53. The summed E-state index contributed by atoms with van der Waals surface area (Å²) in [7, 11) is 3.87. The molecule has 2 aromatic rings. The van der Waals surface area contributed by atoms with Gasteiger partial charge in [0, 0.05) is 30.8 Å². The molecule has 0 bridgehead atoms. The van der Waals surface area contributed by atoms with Crippen molar-refractivity contribution in [1.29, 1.82) is 0 Å². The Morgan fingerprint density at radius 3 is 2.68 bits per heavy atom. The fourth-order valence-electron chi connectivity index (χ4n) is 3.04. The molecule has 0 aromatic heterocycles. The molecule has 1 atom stereocenters. The van der Waals surface area contributed by atoms with Crippen molar-refractivity contribution >= 4 is 23.2 Å². The lowest BCUT2D eigenvalue weighted by atomic mass is 9.89. The van der Waals surface area contributed by atoms with Crippen LogP contribution in [0.2, 0.25) is 5.02 Å². The van der Waals surface area contributed by atoms with Crippen LogP contribution < -0.4 is 4.90 Å². The van der Waals surface area contributed by atoms with Crippen LogP contribution >= 0.6 is 11.6 Å². The van der Waals surface area contributed by atoms with E-state index in [4.69, 9.17) is 11.6 Å². The fraction of sp³-hybridized carbons (Fsp3) is 0.278. The lowest BCUT2D eigenvalue weighted by Gasteiger charge is -2.33. The molecule has 1 aliphatic heterocycles. The molecule has 3 nitrogen and oxygen atoms in total. The van der Waals surface area contributed by atoms with Gasteiger partial charge in [0.25, 0.3) is 0 Å². The molecule has 1 unspecified atom stereocenters. The lowest BCUT2D eigenvalue weighted by Crippen LogP contribution is -2.40. The maximum Gasteiger partial charge on any atom is 0.235 e. The highest BCUT2D eigenvalue weighted by Gasteiger charge is 2.31. The van der Waals surface area contributed by atoms with Crippen LogP contribution in [0, 0.1) is 0 Å². The Morgan fingerprint density at radius 2 is 1.95 bits per heavy atom. The monoisotopic (exact) mass is 314 g/mol. The van der Waals surface area contributed by atoms with Crippen molar-refractivity contribution in [2.24, 2.45) is 0 Å². The minimum Gasteiger partial charge on any atom is -0.315 e. The summed E-state index contributed by atoms with van der Waals surface area (Å²) in [5, 5.41) is 0.719. The number of benzene rings is 2. The second kappa shape index (κ2) is 6.11. The summed E-state index contributed by atoms with van der Waals surface area (Å²) in [6, 6.07) is 15.6. The van der Waals surface area contributed by atoms with E-state index in [1.54, 1.807) is 4.90 Å². The molecule has 1 amide bonds. The van der Waals surface area contributed by atoms with Gasteiger partial charge in [-0.3, -0.25) is 4.79 Å². The molecule has 0 aliphatic carbocycles. The molecule has 1 heterocycles. The van der Waals surface area contributed by atoms with E-state index in [0.29, 0.717) is 0 Å². The molecule has 0 radical (unpaired) electrons. The van der Waals surface area contributed by atoms with E-state index in [-0.39, 0.29) is 11.8 Å². The van der Waals surface area contributed by atoms with Gasteiger partial charge < -0.3 is 9.80 Å². The maximum absolute atomic E-state index is 13.0. The first-order valence-corrected chi connectivity index (χ1v) is 7.73. The summed E-state index contributed by atoms with van der Waals surface area (Å²) in [6.45, 7) is 1.55. The Bertz CT molecular complexity index is 687. The maximum atomic E-state index is 13.0. The van der Waals surface area contributed by atoms with Gasteiger partial charge in [0.2, 0.25) is 5.91 Å². The zero-order valence-electron chi connectivity index (χ0n) is 12.8. The predicted molar refractivity (Wildman–Crippen MR) is 90.4 cm³/mol. The molecule has 0 saturated heterocycles. The summed E-state index contributed by atoms with van der Waals surface area (Å²) in [5.41, 5.74) is 3.15. The second-order valence-corrected chi connectivity index (χ2v) is 6.26. The number of carbonyl (C=O) groups excluding carboxylic acids is 1. The minimum absolute atomic E-state index is 0.112. The van der Waals surface area contributed by atoms with Crippen molar-refractivity contribution in [3.63, 3.8) is 0 Å². The van der Waals surface area contributed by atoms with Crippen molar-refractivity contribution < 1.29 is 4.79 Å². The van der Waals surface area contributed by atoms with Gasteiger partial charge in [-0.25, -0.2) is 0 Å². The molecule has 0 N–H and O–H groups in total. The quantitative estimate of drug-likeness (QED) is 0.846. The number of hydrogen-bond donors (Lipinski definition) is 0. The third-order valence-corrected chi connectivity index (χ3v) is 4.42. The number of likely N-dealkylation sites (N-methyl/N-ethyl adjacent to an activating group) is 2. The van der Waals surface area contributed by atoms with Crippen molar-refractivity contribution in [3.8, 4) is 0 Å². The first-order valence-electron chi connectivity index (χ1n) is 7.36. The van der Waals surface area contributed by atoms with Gasteiger partial charge >= 0.3 is 0 Å². The van der Waals surface area contributed by atoms with Gasteiger partial charge in [0.1, 0.15) is 0 Å². The topological polar surface area (TPSA) is 23.6 Å². The van der Waals surface area contributed by atoms with Crippen LogP contribution in [-0.2, 0) is 11.3 Å². The van der Waals surface area contributed by atoms with Crippen molar-refractivity contribution in [2.75, 3.05) is 25.5 Å². The van der Waals surface area contributed by atoms with Gasteiger partial charge in [-0.15, -0.1) is 0 Å². The Hall–Kier alpha value is -1.84. The highest BCUT2D eigenvalue weighted by atomic mass is 35.5. The number of anilines is 1. The minimum atomic E-state index is -0.156. The molecule has 2 aromatic carbocycles. The van der Waals surface area contributed by atoms with Crippen LogP contribution in [0.5, 0.6) is 0 Å². The van der Waals surface area contributed by atoms with E-state index in [1.807, 2.05) is 62.6 Å². The number of carbonyl (C=O) groups is 1. The third-order valence-electron chi connectivity index (χ3n) is 4.19. The van der Waals surface area contributed by atoms with Crippen LogP contribution in [0.25, 0.3) is 0 Å². The highest BCUT2D eigenvalue weighted by molar-refractivity contribution is 6.30. The summed E-state index contributed by atoms with van der Waals surface area (Å²) < 4.78 is 0. The zero-order valence-corrected chi connectivity index (χ0v) is 13.5. The summed E-state index contributed by atoms with van der Waals surface area (Å²) in [6.07, 6.45) is 0. The smallest absolute Gasteiger partial charge is 0.235 e. The van der Waals surface area contributed by atoms with E-state index in [1.165, 1.54) is 0 Å². The Balaban J connectivity index is 1.93. The van der Waals surface area contributed by atoms with Crippen molar-refractivity contribution in [3.05, 3.63) is 64.7 Å². The molecule has 4 heteroatoms. The van der Waals surface area contributed by atoms with Crippen molar-refractivity contribution in [1.82, 2.24) is 4.90 Å². The van der Waals surface area contributed by atoms with Crippen molar-refractivity contribution in [2.45, 2.75) is 12.5 Å². The SMILES string of the molecule is CN1Cc2cc(Cl)ccc2C(C(=O)N(C)c2ccccc2)C1. The van der Waals surface area contributed by atoms with Gasteiger partial charge in [-0.1, -0.05) is 35.9 Å².